The van der Waals surface area contributed by atoms with Gasteiger partial charge in [0.1, 0.15) is 5.75 Å². The maximum Gasteiger partial charge on any atom is 0.256 e. The molecule has 1 aliphatic carbocycles. The zero-order chi connectivity index (χ0) is 25.6. The van der Waals surface area contributed by atoms with Crippen LogP contribution in [0, 0.1) is 6.57 Å². The molecule has 1 aromatic heterocycles. The van der Waals surface area contributed by atoms with Crippen LogP contribution in [0.3, 0.4) is 0 Å². The van der Waals surface area contributed by atoms with Crippen LogP contribution in [0.5, 0.6) is 5.75 Å². The highest BCUT2D eigenvalue weighted by atomic mass is 16.5. The molecule has 0 unspecified atom stereocenters. The normalized spacial score (nSPS) is 22.3. The van der Waals surface area contributed by atoms with Gasteiger partial charge in [0.15, 0.2) is 0 Å². The zero-order valence-electron chi connectivity index (χ0n) is 22.1. The number of benzene rings is 2. The van der Waals surface area contributed by atoms with Crippen molar-refractivity contribution in [2.75, 3.05) is 6.54 Å². The van der Waals surface area contributed by atoms with Crippen molar-refractivity contribution >= 4 is 5.69 Å². The average molecular weight is 408 g/mol. The monoisotopic (exact) mass is 407 g/mol. The highest BCUT2D eigenvalue weighted by molar-refractivity contribution is 5.70. The summed E-state index contributed by atoms with van der Waals surface area (Å²) in [6, 6.07) is 8.56. The molecule has 1 heterocycles. The zero-order valence-corrected chi connectivity index (χ0v) is 17.1. The quantitative estimate of drug-likeness (QED) is 0.507. The van der Waals surface area contributed by atoms with E-state index in [-0.39, 0.29) is 36.3 Å². The van der Waals surface area contributed by atoms with Gasteiger partial charge in [-0.15, -0.1) is 0 Å². The number of rotatable bonds is 7. The smallest absolute Gasteiger partial charge is 0.256 e. The number of fused-ring (bicyclic) bond motifs is 1. The topological polar surface area (TPSA) is 64.5 Å². The SMILES string of the molecule is [2H]C([2H])(C)CN[C@@]1([2H])CC([2H])([2H])c2c(-c3noc(-c4ccc(OC(C)C)c([N+]#[C-])c4)n3)cccc21. The Hall–Kier alpha value is -3.17. The van der Waals surface area contributed by atoms with Gasteiger partial charge >= 0.3 is 0 Å². The van der Waals surface area contributed by atoms with Crippen molar-refractivity contribution in [3.63, 3.8) is 0 Å². The van der Waals surface area contributed by atoms with E-state index < -0.39 is 18.8 Å². The fourth-order valence-electron chi connectivity index (χ4n) is 3.35. The van der Waals surface area contributed by atoms with E-state index in [0.29, 0.717) is 28.1 Å². The maximum atomic E-state index is 8.89. The number of nitrogens with zero attached hydrogens (tertiary/aromatic N) is 3. The number of nitrogens with one attached hydrogen (secondary N) is 1. The van der Waals surface area contributed by atoms with Gasteiger partial charge in [0.05, 0.1) is 14.0 Å². The summed E-state index contributed by atoms with van der Waals surface area (Å²) in [4.78, 5) is 7.99. The summed E-state index contributed by atoms with van der Waals surface area (Å²) in [5, 5.41) is 6.96. The van der Waals surface area contributed by atoms with Gasteiger partial charge in [-0.3, -0.25) is 0 Å². The Labute approximate surface area is 184 Å². The molecule has 0 amide bonds. The summed E-state index contributed by atoms with van der Waals surface area (Å²) in [5.74, 6) is 0.803. The van der Waals surface area contributed by atoms with Gasteiger partial charge in [0, 0.05) is 22.6 Å². The molecule has 1 atom stereocenters. The molecule has 30 heavy (non-hydrogen) atoms. The molecule has 3 aromatic rings. The highest BCUT2D eigenvalue weighted by Crippen LogP contribution is 2.38. The Morgan fingerprint density at radius 2 is 2.30 bits per heavy atom. The first-order valence-corrected chi connectivity index (χ1v) is 9.75. The molecule has 6 heteroatoms. The fourth-order valence-corrected chi connectivity index (χ4v) is 3.35. The Morgan fingerprint density at radius 1 is 1.43 bits per heavy atom. The number of hydrogen-bond acceptors (Lipinski definition) is 5. The summed E-state index contributed by atoms with van der Waals surface area (Å²) < 4.78 is 52.8. The van der Waals surface area contributed by atoms with Crippen LogP contribution in [-0.4, -0.2) is 22.8 Å². The molecule has 0 bridgehead atoms. The van der Waals surface area contributed by atoms with E-state index in [1.807, 2.05) is 13.8 Å². The Bertz CT molecular complexity index is 1300. The van der Waals surface area contributed by atoms with Crippen molar-refractivity contribution in [1.82, 2.24) is 15.5 Å². The minimum atomic E-state index is -1.87. The van der Waals surface area contributed by atoms with Crippen LogP contribution < -0.4 is 10.1 Å². The van der Waals surface area contributed by atoms with E-state index in [2.05, 4.69) is 20.3 Å². The minimum Gasteiger partial charge on any atom is -0.502 e. The molecule has 0 fully saturated rings. The average Bonchev–Trinajstić information content (AvgIpc) is 3.34. The second-order valence-electron chi connectivity index (χ2n) is 7.15. The van der Waals surface area contributed by atoms with Gasteiger partial charge in [-0.1, -0.05) is 30.3 Å². The molecule has 6 nitrogen and oxygen atoms in total. The molecule has 0 spiro atoms. The molecule has 2 aromatic carbocycles. The van der Waals surface area contributed by atoms with Crippen LogP contribution in [-0.2, 0) is 6.37 Å². The van der Waals surface area contributed by atoms with E-state index in [1.165, 1.54) is 6.92 Å². The molecular formula is C24H26N4O2. The Balaban J connectivity index is 1.72. The molecule has 0 saturated heterocycles. The van der Waals surface area contributed by atoms with Crippen LogP contribution in [0.25, 0.3) is 27.7 Å². The highest BCUT2D eigenvalue weighted by Gasteiger charge is 2.26. The van der Waals surface area contributed by atoms with Crippen molar-refractivity contribution in [2.24, 2.45) is 0 Å². The first-order chi connectivity index (χ1) is 16.3. The van der Waals surface area contributed by atoms with Crippen molar-refractivity contribution < 1.29 is 16.1 Å². The van der Waals surface area contributed by atoms with Crippen LogP contribution in [0.4, 0.5) is 5.69 Å². The first kappa shape index (κ1) is 14.8. The second-order valence-corrected chi connectivity index (χ2v) is 7.15. The van der Waals surface area contributed by atoms with Gasteiger partial charge in [0.25, 0.3) is 5.89 Å². The molecular weight excluding hydrogens is 376 g/mol. The van der Waals surface area contributed by atoms with Crippen LogP contribution in [0.2, 0.25) is 0 Å². The summed E-state index contributed by atoms with van der Waals surface area (Å²) in [7, 11) is 0. The third-order valence-electron chi connectivity index (χ3n) is 4.67. The van der Waals surface area contributed by atoms with E-state index >= 15 is 0 Å². The summed E-state index contributed by atoms with van der Waals surface area (Å²) in [6.07, 6.45) is -3.68. The van der Waals surface area contributed by atoms with Crippen molar-refractivity contribution in [1.29, 1.82) is 0 Å². The van der Waals surface area contributed by atoms with Gasteiger partial charge in [-0.2, -0.15) is 4.98 Å². The molecule has 1 aliphatic rings. The van der Waals surface area contributed by atoms with Gasteiger partial charge in [-0.05, 0) is 68.9 Å². The summed E-state index contributed by atoms with van der Waals surface area (Å²) >= 11 is 0. The number of ether oxygens (including phenoxy) is 1. The van der Waals surface area contributed by atoms with Crippen molar-refractivity contribution in [3.05, 3.63) is 58.9 Å². The summed E-state index contributed by atoms with van der Waals surface area (Å²) in [5.41, 5.74) is 1.95. The molecule has 0 aliphatic heterocycles. The lowest BCUT2D eigenvalue weighted by molar-refractivity contribution is 0.244. The van der Waals surface area contributed by atoms with Gasteiger partial charge in [-0.25, -0.2) is 4.85 Å². The lowest BCUT2D eigenvalue weighted by atomic mass is 10.0. The Morgan fingerprint density at radius 3 is 3.07 bits per heavy atom. The molecule has 4 rings (SSSR count). The summed E-state index contributed by atoms with van der Waals surface area (Å²) in [6.45, 7) is 12.5. The fraction of sp³-hybridized carbons (Fsp3) is 0.375. The van der Waals surface area contributed by atoms with Crippen molar-refractivity contribution in [2.45, 2.75) is 52.1 Å². The third kappa shape index (κ3) is 3.94. The molecule has 0 saturated carbocycles. The van der Waals surface area contributed by atoms with E-state index in [4.69, 9.17) is 22.7 Å². The minimum absolute atomic E-state index is 0.0823. The molecule has 1 N–H and O–H groups in total. The molecule has 0 radical (unpaired) electrons. The lowest BCUT2D eigenvalue weighted by Gasteiger charge is -2.13. The van der Waals surface area contributed by atoms with E-state index in [9.17, 15) is 0 Å². The van der Waals surface area contributed by atoms with Crippen LogP contribution in [0.15, 0.2) is 40.9 Å². The van der Waals surface area contributed by atoms with Crippen molar-refractivity contribution in [3.8, 4) is 28.6 Å². The second kappa shape index (κ2) is 8.68. The largest absolute Gasteiger partial charge is 0.502 e. The number of hydrogen-bond donors (Lipinski definition) is 1. The third-order valence-corrected chi connectivity index (χ3v) is 4.67. The van der Waals surface area contributed by atoms with E-state index in [1.54, 1.807) is 36.4 Å². The number of aromatic nitrogens is 2. The van der Waals surface area contributed by atoms with Crippen LogP contribution >= 0.6 is 0 Å². The molecule has 154 valence electrons. The van der Waals surface area contributed by atoms with Gasteiger partial charge in [0.2, 0.25) is 11.5 Å². The van der Waals surface area contributed by atoms with Crippen LogP contribution in [0.1, 0.15) is 57.6 Å². The Kier molecular flexibility index (Phi) is 4.27. The first-order valence-electron chi connectivity index (χ1n) is 12.2. The standard InChI is InChI=1S/C24H26N4O2/c1-5-13-26-20-11-10-17-18(20)7-6-8-19(17)23-27-24(30-28-23)16-9-12-22(29-15(2)3)21(14-16)25-4/h6-9,12,14-15,20,26H,5,10-11,13H2,1-3H3/t20-/m0/s1/i5D2,10D2,20D. The van der Waals surface area contributed by atoms with E-state index in [0.717, 1.165) is 0 Å². The lowest BCUT2D eigenvalue weighted by Crippen LogP contribution is -2.19. The predicted molar refractivity (Wildman–Crippen MR) is 117 cm³/mol. The van der Waals surface area contributed by atoms with Gasteiger partial charge < -0.3 is 14.6 Å². The maximum absolute atomic E-state index is 8.89. The predicted octanol–water partition coefficient (Wildman–Crippen LogP) is 5.73.